The zero-order chi connectivity index (χ0) is 30.0. The number of unbranched alkanes of at least 4 members (excludes halogenated alkanes) is 1. The average molecular weight is 734 g/mol. The van der Waals surface area contributed by atoms with E-state index in [4.69, 9.17) is 24.8 Å². The minimum Gasteiger partial charge on any atom is -0.494 e. The van der Waals surface area contributed by atoms with Gasteiger partial charge < -0.3 is 26.3 Å². The number of carbonyl (C=O) groups excluding carboxylic acids is 1. The van der Waals surface area contributed by atoms with Gasteiger partial charge in [0, 0.05) is 25.8 Å². The van der Waals surface area contributed by atoms with Crippen molar-refractivity contribution in [2.24, 2.45) is 0 Å². The van der Waals surface area contributed by atoms with Crippen LogP contribution in [0.1, 0.15) is 44.0 Å². The molecular weight excluding hydrogens is 682 g/mol. The molecule has 2 atom stereocenters. The average Bonchev–Trinajstić information content (AvgIpc) is 2.70. The van der Waals surface area contributed by atoms with Crippen LogP contribution in [0.3, 0.4) is 0 Å². The molecule has 0 saturated carbocycles. The topological polar surface area (TPSA) is 107 Å². The van der Waals surface area contributed by atoms with Gasteiger partial charge in [-0.25, -0.2) is 0 Å². The highest BCUT2D eigenvalue weighted by atomic mass is 127. The second-order valence-corrected chi connectivity index (χ2v) is 37.4. The minimum atomic E-state index is -2.33. The Morgan fingerprint density at radius 3 is 1.84 bits per heavy atom. The van der Waals surface area contributed by atoms with Crippen molar-refractivity contribution in [2.45, 2.75) is 105 Å². The van der Waals surface area contributed by atoms with Crippen LogP contribution in [0.4, 0.5) is 0 Å². The van der Waals surface area contributed by atoms with Gasteiger partial charge in [0.05, 0.1) is 6.61 Å². The van der Waals surface area contributed by atoms with E-state index in [1.165, 1.54) is 13.8 Å². The molecule has 0 fully saturated rings. The van der Waals surface area contributed by atoms with Crippen molar-refractivity contribution in [3.63, 3.8) is 0 Å². The third-order valence-electron chi connectivity index (χ3n) is 4.48. The molecule has 0 aliphatic rings. The summed E-state index contributed by atoms with van der Waals surface area (Å²) in [6.45, 7) is 27.0. The lowest BCUT2D eigenvalue weighted by Gasteiger charge is -2.36. The maximum Gasteiger partial charge on any atom is 0.398 e. The molecule has 1 aromatic carbocycles. The number of ether oxygens (including phenoxy) is 1. The molecule has 0 bridgehead atoms. The Morgan fingerprint density at radius 1 is 0.947 bits per heavy atom. The molecule has 1 rings (SSSR count). The Labute approximate surface area is 246 Å². The molecule has 14 heteroatoms. The molecule has 0 spiro atoms. The third kappa shape index (κ3) is 17.7. The molecular formula is C24H52INO7Si5. The van der Waals surface area contributed by atoms with Crippen molar-refractivity contribution in [3.05, 3.63) is 29.8 Å². The van der Waals surface area contributed by atoms with Crippen LogP contribution >= 0.6 is 20.2 Å². The maximum atomic E-state index is 11.7. The summed E-state index contributed by atoms with van der Waals surface area (Å²) in [7, 11) is -7.25. The van der Waals surface area contributed by atoms with Crippen molar-refractivity contribution in [1.29, 1.82) is 3.56 Å². The van der Waals surface area contributed by atoms with Crippen molar-refractivity contribution < 1.29 is 31.1 Å². The van der Waals surface area contributed by atoms with Crippen LogP contribution in [-0.4, -0.2) is 63.6 Å². The van der Waals surface area contributed by atoms with Gasteiger partial charge in [0.15, 0.2) is 22.4 Å². The van der Waals surface area contributed by atoms with Gasteiger partial charge in [-0.1, -0.05) is 13.3 Å². The minimum absolute atomic E-state index is 0.280. The molecule has 0 aromatic heterocycles. The Hall–Kier alpha value is 0.104. The summed E-state index contributed by atoms with van der Waals surface area (Å²) in [5, 5.41) is 9.60. The lowest BCUT2D eigenvalue weighted by molar-refractivity contribution is 0.0488. The molecule has 2 N–H and O–H groups in total. The largest absolute Gasteiger partial charge is 0.494 e. The van der Waals surface area contributed by atoms with Crippen LogP contribution < -0.4 is 4.74 Å². The third-order valence-corrected chi connectivity index (χ3v) is 27.0. The van der Waals surface area contributed by atoms with E-state index >= 15 is 0 Å². The SMILES string of the molecule is CCCCOc1ccc(C(=O)C(C)(C)O)cc1.C[SiH](O[Si](C)(C)O[Si](C)(C)C)O[Si](C)(O[Si](C)(C)C)I=N. The number of halogens is 1. The van der Waals surface area contributed by atoms with E-state index in [2.05, 4.69) is 59.3 Å². The lowest BCUT2D eigenvalue weighted by Crippen LogP contribution is -2.52. The standard InChI is InChI=1S/C14H20O3.C10H32INO4Si5/c1-4-5-10-17-12-8-6-11(7-9-12)13(15)14(2,3)16;1-17(13-20(8,9)15-18(2,3)4)14-21(10,11-12)16-19(5,6)7/h6-9,16H,4-5,10H2,1-3H3;12,17H,1-10H3. The first kappa shape index (κ1) is 38.1. The Balaban J connectivity index is 0.000000735. The Bertz CT molecular complexity index is 871. The highest BCUT2D eigenvalue weighted by Crippen LogP contribution is 2.28. The van der Waals surface area contributed by atoms with Gasteiger partial charge in [-0.05, 0) is 110 Å². The zero-order valence-electron chi connectivity index (χ0n) is 25.8. The van der Waals surface area contributed by atoms with Gasteiger partial charge in [-0.3, -0.25) is 8.36 Å². The predicted octanol–water partition coefficient (Wildman–Crippen LogP) is 7.40. The summed E-state index contributed by atoms with van der Waals surface area (Å²) >= 11 is -0.795. The number of ketones is 1. The van der Waals surface area contributed by atoms with Gasteiger partial charge in [0.1, 0.15) is 11.4 Å². The fourth-order valence-corrected chi connectivity index (χ4v) is 32.8. The van der Waals surface area contributed by atoms with Crippen LogP contribution in [0.15, 0.2) is 24.3 Å². The van der Waals surface area contributed by atoms with Crippen molar-refractivity contribution >= 4 is 66.6 Å². The quantitative estimate of drug-likeness (QED) is 0.0637. The van der Waals surface area contributed by atoms with E-state index in [0.717, 1.165) is 18.6 Å². The van der Waals surface area contributed by atoms with E-state index in [9.17, 15) is 9.90 Å². The van der Waals surface area contributed by atoms with Crippen LogP contribution in [0.5, 0.6) is 5.75 Å². The van der Waals surface area contributed by atoms with E-state index in [0.29, 0.717) is 12.2 Å². The van der Waals surface area contributed by atoms with Crippen LogP contribution in [-0.2, 0) is 16.5 Å². The summed E-state index contributed by atoms with van der Waals surface area (Å²) in [5.74, 6) is 0.475. The second-order valence-electron chi connectivity index (χ2n) is 12.2. The van der Waals surface area contributed by atoms with Crippen LogP contribution in [0.2, 0.25) is 65.5 Å². The number of rotatable bonds is 15. The number of carbonyl (C=O) groups is 1. The first-order valence-electron chi connectivity index (χ1n) is 13.1. The highest BCUT2D eigenvalue weighted by molar-refractivity contribution is 14.2. The predicted molar refractivity (Wildman–Crippen MR) is 177 cm³/mol. The van der Waals surface area contributed by atoms with Gasteiger partial charge in [-0.2, -0.15) is 0 Å². The Morgan fingerprint density at radius 2 is 1.45 bits per heavy atom. The molecule has 8 nitrogen and oxygen atoms in total. The van der Waals surface area contributed by atoms with Gasteiger partial charge in [0.2, 0.25) is 0 Å². The van der Waals surface area contributed by atoms with E-state index in [1.807, 2.05) is 13.1 Å². The molecule has 38 heavy (non-hydrogen) atoms. The summed E-state index contributed by atoms with van der Waals surface area (Å²) in [6.07, 6.45) is 2.11. The molecule has 222 valence electrons. The van der Waals surface area contributed by atoms with Crippen LogP contribution in [0, 0.1) is 3.56 Å². The smallest absolute Gasteiger partial charge is 0.398 e. The first-order valence-corrected chi connectivity index (χ1v) is 31.3. The molecule has 1 aromatic rings. The van der Waals surface area contributed by atoms with E-state index in [1.54, 1.807) is 24.3 Å². The normalized spacial score (nSPS) is 15.2. The molecule has 0 heterocycles. The fraction of sp³-hybridized carbons (Fsp3) is 0.708. The number of Topliss-reactive ketones (excluding diaryl/α,β-unsaturated/α-hetero) is 1. The van der Waals surface area contributed by atoms with Gasteiger partial charge >= 0.3 is 23.9 Å². The summed E-state index contributed by atoms with van der Waals surface area (Å²) in [5.41, 5.74) is -0.828. The van der Waals surface area contributed by atoms with E-state index < -0.39 is 66.4 Å². The molecule has 0 saturated heterocycles. The van der Waals surface area contributed by atoms with Gasteiger partial charge in [0.25, 0.3) is 0 Å². The molecule has 2 unspecified atom stereocenters. The molecule has 0 radical (unpaired) electrons. The van der Waals surface area contributed by atoms with E-state index in [-0.39, 0.29) is 5.78 Å². The summed E-state index contributed by atoms with van der Waals surface area (Å²) in [6, 6.07) is 4.55. The van der Waals surface area contributed by atoms with Crippen LogP contribution in [0.25, 0.3) is 0 Å². The number of benzene rings is 1. The molecule has 0 amide bonds. The molecule has 0 aliphatic carbocycles. The van der Waals surface area contributed by atoms with Crippen molar-refractivity contribution in [1.82, 2.24) is 0 Å². The number of hydrogen-bond acceptors (Lipinski definition) is 8. The number of hydrogen-bond donors (Lipinski definition) is 2. The Kier molecular flexibility index (Phi) is 16.0. The molecule has 0 aliphatic heterocycles. The fourth-order valence-electron chi connectivity index (χ4n) is 3.48. The van der Waals surface area contributed by atoms with Gasteiger partial charge in [-0.15, -0.1) is 0 Å². The lowest BCUT2D eigenvalue weighted by atomic mass is 9.97. The first-order chi connectivity index (χ1) is 17.0. The zero-order valence-corrected chi connectivity index (χ0v) is 33.1. The maximum absolute atomic E-state index is 11.7. The number of aliphatic hydroxyl groups is 1. The van der Waals surface area contributed by atoms with Crippen molar-refractivity contribution in [3.8, 4) is 5.75 Å². The highest BCUT2D eigenvalue weighted by Gasteiger charge is 2.41. The number of nitrogens with one attached hydrogen (secondary N) is 1. The summed E-state index contributed by atoms with van der Waals surface area (Å²) < 4.78 is 38.2. The summed E-state index contributed by atoms with van der Waals surface area (Å²) in [4.78, 5) is 11.7. The second kappa shape index (κ2) is 15.9. The van der Waals surface area contributed by atoms with Crippen molar-refractivity contribution in [2.75, 3.05) is 6.61 Å². The monoisotopic (exact) mass is 733 g/mol.